The van der Waals surface area contributed by atoms with Crippen LogP contribution in [0.15, 0.2) is 69.8 Å². The first-order valence-corrected chi connectivity index (χ1v) is 11.2. The Morgan fingerprint density at radius 1 is 1.30 bits per heavy atom. The van der Waals surface area contributed by atoms with Gasteiger partial charge in [-0.1, -0.05) is 32.1 Å². The van der Waals surface area contributed by atoms with Gasteiger partial charge in [0.25, 0.3) is 0 Å². The number of allylic oxidation sites excluding steroid dienone is 8. The standard InChI is InChI=1S/C27H33NO2/c1-6-7-19(17-28-5)23-10-11-24-22-9-8-20-16-21(30-18(2)29)12-14-26(20,3)25(22)13-15-27(23,24)4/h6-7,9-10,16-17,22,24-25H,5,11-15H2,1-4H3/b7-6-,19-17+/t22?,24?,25?,26-,27+/m0/s1. The largest absolute Gasteiger partial charge is 0.431 e. The molecule has 0 N–H and O–H groups in total. The van der Waals surface area contributed by atoms with Gasteiger partial charge in [0.2, 0.25) is 0 Å². The van der Waals surface area contributed by atoms with Gasteiger partial charge in [-0.3, -0.25) is 9.79 Å². The molecule has 30 heavy (non-hydrogen) atoms. The maximum atomic E-state index is 11.4. The van der Waals surface area contributed by atoms with E-state index < -0.39 is 0 Å². The molecule has 4 aliphatic carbocycles. The van der Waals surface area contributed by atoms with Crippen molar-refractivity contribution in [2.24, 2.45) is 33.6 Å². The van der Waals surface area contributed by atoms with Crippen LogP contribution in [0.5, 0.6) is 0 Å². The van der Waals surface area contributed by atoms with Gasteiger partial charge in [0.15, 0.2) is 0 Å². The van der Waals surface area contributed by atoms with Gasteiger partial charge in [0.1, 0.15) is 5.76 Å². The molecule has 1 saturated carbocycles. The summed E-state index contributed by atoms with van der Waals surface area (Å²) in [6, 6.07) is 0. The van der Waals surface area contributed by atoms with Crippen LogP contribution in [-0.4, -0.2) is 12.7 Å². The average Bonchev–Trinajstić information content (AvgIpc) is 3.05. The van der Waals surface area contributed by atoms with Crippen LogP contribution in [0.1, 0.15) is 59.8 Å². The molecule has 3 nitrogen and oxygen atoms in total. The SMILES string of the molecule is C=N/C=C(\C=C/C)C1=CCC2C3C=C=C4C=C(OC(C)=O)CC[C@]4(C)C3CC[C@]12C. The molecule has 0 aliphatic heterocycles. The summed E-state index contributed by atoms with van der Waals surface area (Å²) < 4.78 is 5.41. The second-order valence-corrected chi connectivity index (χ2v) is 9.71. The third-order valence-corrected chi connectivity index (χ3v) is 8.14. The number of rotatable bonds is 4. The zero-order valence-electron chi connectivity index (χ0n) is 18.7. The fourth-order valence-electron chi connectivity index (χ4n) is 6.63. The summed E-state index contributed by atoms with van der Waals surface area (Å²) in [6.07, 6.45) is 18.4. The lowest BCUT2D eigenvalue weighted by atomic mass is 9.49. The summed E-state index contributed by atoms with van der Waals surface area (Å²) in [4.78, 5) is 15.5. The van der Waals surface area contributed by atoms with E-state index in [1.165, 1.54) is 36.5 Å². The molecule has 0 heterocycles. The smallest absolute Gasteiger partial charge is 0.307 e. The fourth-order valence-corrected chi connectivity index (χ4v) is 6.63. The first-order valence-electron chi connectivity index (χ1n) is 11.2. The third-order valence-electron chi connectivity index (χ3n) is 8.14. The monoisotopic (exact) mass is 403 g/mol. The zero-order valence-corrected chi connectivity index (χ0v) is 18.7. The van der Waals surface area contributed by atoms with Crippen molar-refractivity contribution in [3.05, 3.63) is 64.8 Å². The highest BCUT2D eigenvalue weighted by Gasteiger charge is 2.55. The Labute approximate surface area is 180 Å². The first-order chi connectivity index (χ1) is 14.3. The lowest BCUT2D eigenvalue weighted by molar-refractivity contribution is -0.137. The number of esters is 1. The number of aliphatic imine (C=N–C) groups is 1. The van der Waals surface area contributed by atoms with E-state index >= 15 is 0 Å². The van der Waals surface area contributed by atoms with Crippen molar-refractivity contribution in [2.75, 3.05) is 0 Å². The van der Waals surface area contributed by atoms with Crippen molar-refractivity contribution < 1.29 is 9.53 Å². The van der Waals surface area contributed by atoms with E-state index in [0.717, 1.165) is 25.0 Å². The van der Waals surface area contributed by atoms with E-state index in [9.17, 15) is 4.79 Å². The van der Waals surface area contributed by atoms with Gasteiger partial charge in [-0.2, -0.15) is 0 Å². The van der Waals surface area contributed by atoms with Crippen molar-refractivity contribution >= 4 is 12.7 Å². The van der Waals surface area contributed by atoms with Crippen molar-refractivity contribution in [1.82, 2.24) is 0 Å². The van der Waals surface area contributed by atoms with Crippen molar-refractivity contribution in [1.29, 1.82) is 0 Å². The molecular weight excluding hydrogens is 370 g/mol. The van der Waals surface area contributed by atoms with Gasteiger partial charge in [0.05, 0.1) is 0 Å². The summed E-state index contributed by atoms with van der Waals surface area (Å²) >= 11 is 0. The number of ether oxygens (including phenoxy) is 1. The molecule has 3 unspecified atom stereocenters. The Morgan fingerprint density at radius 2 is 2.10 bits per heavy atom. The highest BCUT2D eigenvalue weighted by Crippen LogP contribution is 2.64. The van der Waals surface area contributed by atoms with Crippen LogP contribution in [0.4, 0.5) is 0 Å². The molecule has 3 heteroatoms. The maximum absolute atomic E-state index is 11.4. The minimum absolute atomic E-state index is 0.109. The summed E-state index contributed by atoms with van der Waals surface area (Å²) in [7, 11) is 0. The highest BCUT2D eigenvalue weighted by molar-refractivity contribution is 5.67. The van der Waals surface area contributed by atoms with E-state index in [1.54, 1.807) is 0 Å². The van der Waals surface area contributed by atoms with Crippen molar-refractivity contribution in [2.45, 2.75) is 59.8 Å². The van der Waals surface area contributed by atoms with Crippen LogP contribution in [0.2, 0.25) is 0 Å². The quantitative estimate of drug-likeness (QED) is 0.234. The van der Waals surface area contributed by atoms with Gasteiger partial charge in [-0.05, 0) is 85.8 Å². The van der Waals surface area contributed by atoms with E-state index in [2.05, 4.69) is 68.6 Å². The normalized spacial score (nSPS) is 37.5. The van der Waals surface area contributed by atoms with E-state index in [1.807, 2.05) is 6.20 Å². The fraction of sp³-hybridized carbons (Fsp3) is 0.519. The van der Waals surface area contributed by atoms with Crippen LogP contribution >= 0.6 is 0 Å². The first kappa shape index (κ1) is 20.9. The molecule has 0 aromatic carbocycles. The molecule has 0 radical (unpaired) electrons. The van der Waals surface area contributed by atoms with Crippen LogP contribution in [0.3, 0.4) is 0 Å². The summed E-state index contributed by atoms with van der Waals surface area (Å²) in [6.45, 7) is 12.1. The molecule has 1 fully saturated rings. The molecule has 0 amide bonds. The number of carbonyl (C=O) groups is 1. The Bertz CT molecular complexity index is 955. The van der Waals surface area contributed by atoms with Crippen LogP contribution in [0.25, 0.3) is 0 Å². The van der Waals surface area contributed by atoms with E-state index in [0.29, 0.717) is 17.8 Å². The molecule has 0 spiro atoms. The number of hydrogen-bond acceptors (Lipinski definition) is 3. The van der Waals surface area contributed by atoms with Crippen LogP contribution in [-0.2, 0) is 9.53 Å². The van der Waals surface area contributed by atoms with Gasteiger partial charge < -0.3 is 4.74 Å². The molecule has 0 bridgehead atoms. The van der Waals surface area contributed by atoms with Gasteiger partial charge in [0, 0.05) is 30.5 Å². The average molecular weight is 404 g/mol. The van der Waals surface area contributed by atoms with Crippen molar-refractivity contribution in [3.63, 3.8) is 0 Å². The Hall–Kier alpha value is -2.38. The predicted molar refractivity (Wildman–Crippen MR) is 122 cm³/mol. The number of carbonyl (C=O) groups excluding carboxylic acids is 1. The lowest BCUT2D eigenvalue weighted by Crippen LogP contribution is -2.47. The number of hydrogen-bond donors (Lipinski definition) is 0. The summed E-state index contributed by atoms with van der Waals surface area (Å²) in [5, 5.41) is 0. The lowest BCUT2D eigenvalue weighted by Gasteiger charge is -2.54. The molecule has 5 atom stereocenters. The molecule has 4 aliphatic rings. The van der Waals surface area contributed by atoms with Crippen molar-refractivity contribution in [3.8, 4) is 0 Å². The molecule has 0 aromatic heterocycles. The summed E-state index contributed by atoms with van der Waals surface area (Å²) in [5.41, 5.74) is 7.75. The Morgan fingerprint density at radius 3 is 2.80 bits per heavy atom. The maximum Gasteiger partial charge on any atom is 0.307 e. The molecule has 0 saturated heterocycles. The minimum atomic E-state index is -0.236. The predicted octanol–water partition coefficient (Wildman–Crippen LogP) is 6.47. The highest BCUT2D eigenvalue weighted by atomic mass is 16.5. The topological polar surface area (TPSA) is 38.7 Å². The second kappa shape index (κ2) is 7.71. The second-order valence-electron chi connectivity index (χ2n) is 9.71. The molecule has 4 rings (SSSR count). The Balaban J connectivity index is 1.68. The molecular formula is C27H33NO2. The van der Waals surface area contributed by atoms with Gasteiger partial charge in [-0.15, -0.1) is 5.73 Å². The molecule has 158 valence electrons. The van der Waals surface area contributed by atoms with Crippen LogP contribution in [0, 0.1) is 28.6 Å². The minimum Gasteiger partial charge on any atom is -0.431 e. The molecule has 0 aromatic rings. The number of fused-ring (bicyclic) bond motifs is 5. The van der Waals surface area contributed by atoms with Crippen LogP contribution < -0.4 is 0 Å². The summed E-state index contributed by atoms with van der Waals surface area (Å²) in [5.74, 6) is 2.28. The Kier molecular flexibility index (Phi) is 5.36. The van der Waals surface area contributed by atoms with Gasteiger partial charge in [-0.25, -0.2) is 0 Å². The van der Waals surface area contributed by atoms with E-state index in [4.69, 9.17) is 4.74 Å². The van der Waals surface area contributed by atoms with Gasteiger partial charge >= 0.3 is 5.97 Å². The third kappa shape index (κ3) is 3.20. The van der Waals surface area contributed by atoms with E-state index in [-0.39, 0.29) is 16.8 Å². The zero-order chi connectivity index (χ0) is 21.5. The number of nitrogens with zero attached hydrogens (tertiary/aromatic N) is 1.